The summed E-state index contributed by atoms with van der Waals surface area (Å²) in [7, 11) is 0. The van der Waals surface area contributed by atoms with Crippen LogP contribution in [0.5, 0.6) is 5.75 Å². The molecule has 0 aliphatic heterocycles. The van der Waals surface area contributed by atoms with E-state index in [1.165, 1.54) is 6.92 Å². The number of ether oxygens (including phenoxy) is 1. The Labute approximate surface area is 146 Å². The number of benzene rings is 2. The van der Waals surface area contributed by atoms with E-state index in [0.29, 0.717) is 35.2 Å². The molecule has 2 N–H and O–H groups in total. The number of nitrogens with one attached hydrogen (secondary N) is 2. The third kappa shape index (κ3) is 5.28. The van der Waals surface area contributed by atoms with Crippen molar-refractivity contribution in [3.63, 3.8) is 0 Å². The number of urea groups is 1. The van der Waals surface area contributed by atoms with Crippen LogP contribution in [0.1, 0.15) is 22.8 Å². The zero-order chi connectivity index (χ0) is 17.5. The molecule has 2 rings (SSSR count). The lowest BCUT2D eigenvalue weighted by Crippen LogP contribution is -2.32. The highest BCUT2D eigenvalue weighted by molar-refractivity contribution is 6.32. The minimum absolute atomic E-state index is 0.0158. The van der Waals surface area contributed by atoms with Crippen LogP contribution in [0, 0.1) is 6.92 Å². The molecule has 0 aliphatic carbocycles. The molecule has 0 radical (unpaired) electrons. The van der Waals surface area contributed by atoms with Gasteiger partial charge in [-0.25, -0.2) is 4.79 Å². The molecule has 0 saturated carbocycles. The van der Waals surface area contributed by atoms with Crippen LogP contribution >= 0.6 is 11.6 Å². The molecule has 0 aliphatic rings. The molecule has 6 heteroatoms. The first kappa shape index (κ1) is 17.8. The van der Waals surface area contributed by atoms with Crippen molar-refractivity contribution in [3.8, 4) is 5.75 Å². The van der Waals surface area contributed by atoms with Crippen molar-refractivity contribution >= 4 is 29.1 Å². The molecule has 5 nitrogen and oxygen atoms in total. The molecular weight excluding hydrogens is 328 g/mol. The van der Waals surface area contributed by atoms with Gasteiger partial charge < -0.3 is 15.4 Å². The molecule has 0 spiro atoms. The van der Waals surface area contributed by atoms with E-state index in [1.807, 2.05) is 19.1 Å². The highest BCUT2D eigenvalue weighted by Crippen LogP contribution is 2.24. The van der Waals surface area contributed by atoms with E-state index in [1.54, 1.807) is 30.3 Å². The molecule has 2 amide bonds. The molecule has 24 heavy (non-hydrogen) atoms. The fourth-order valence-electron chi connectivity index (χ4n) is 2.01. The Kier molecular flexibility index (Phi) is 6.21. The smallest absolute Gasteiger partial charge is 0.319 e. The zero-order valence-corrected chi connectivity index (χ0v) is 14.3. The van der Waals surface area contributed by atoms with E-state index in [0.717, 1.165) is 5.56 Å². The van der Waals surface area contributed by atoms with Gasteiger partial charge in [0.15, 0.2) is 5.78 Å². The maximum absolute atomic E-state index is 11.8. The molecule has 2 aromatic carbocycles. The van der Waals surface area contributed by atoms with Gasteiger partial charge in [-0.05, 0) is 55.8 Å². The summed E-state index contributed by atoms with van der Waals surface area (Å²) in [6.07, 6.45) is 0. The number of hydrogen-bond acceptors (Lipinski definition) is 3. The summed E-state index contributed by atoms with van der Waals surface area (Å²) >= 11 is 6.03. The van der Waals surface area contributed by atoms with E-state index >= 15 is 0 Å². The predicted molar refractivity (Wildman–Crippen MR) is 95.2 cm³/mol. The van der Waals surface area contributed by atoms with Gasteiger partial charge in [0.2, 0.25) is 0 Å². The van der Waals surface area contributed by atoms with Crippen LogP contribution in [0.15, 0.2) is 42.5 Å². The molecule has 0 atom stereocenters. The van der Waals surface area contributed by atoms with Crippen molar-refractivity contribution in [2.24, 2.45) is 0 Å². The molecular formula is C18H19ClN2O3. The quantitative estimate of drug-likeness (QED) is 0.612. The van der Waals surface area contributed by atoms with E-state index in [-0.39, 0.29) is 11.8 Å². The third-order valence-electron chi connectivity index (χ3n) is 3.28. The fraction of sp³-hybridized carbons (Fsp3) is 0.222. The van der Waals surface area contributed by atoms with Crippen molar-refractivity contribution in [2.75, 3.05) is 18.5 Å². The van der Waals surface area contributed by atoms with Crippen molar-refractivity contribution in [2.45, 2.75) is 13.8 Å². The number of anilines is 1. The Morgan fingerprint density at radius 3 is 2.50 bits per heavy atom. The number of aryl methyl sites for hydroxylation is 1. The fourth-order valence-corrected chi connectivity index (χ4v) is 2.18. The number of halogens is 1. The van der Waals surface area contributed by atoms with E-state index in [2.05, 4.69) is 10.6 Å². The highest BCUT2D eigenvalue weighted by Gasteiger charge is 2.04. The summed E-state index contributed by atoms with van der Waals surface area (Å²) in [6.45, 7) is 4.09. The Balaban J connectivity index is 1.75. The predicted octanol–water partition coefficient (Wildman–Crippen LogP) is 4.05. The monoisotopic (exact) mass is 346 g/mol. The van der Waals surface area contributed by atoms with Crippen LogP contribution < -0.4 is 15.4 Å². The molecule has 0 unspecified atom stereocenters. The molecule has 0 aromatic heterocycles. The number of hydrogen-bond donors (Lipinski definition) is 2. The third-order valence-corrected chi connectivity index (χ3v) is 3.59. The number of Topliss-reactive ketones (excluding diaryl/α,β-unsaturated/α-hetero) is 1. The van der Waals surface area contributed by atoms with Crippen LogP contribution in [-0.4, -0.2) is 25.0 Å². The number of carbonyl (C=O) groups excluding carboxylic acids is 2. The van der Waals surface area contributed by atoms with Crippen LogP contribution in [0.2, 0.25) is 5.02 Å². The van der Waals surface area contributed by atoms with Gasteiger partial charge in [-0.1, -0.05) is 17.7 Å². The summed E-state index contributed by atoms with van der Waals surface area (Å²) in [5, 5.41) is 5.91. The van der Waals surface area contributed by atoms with Crippen molar-refractivity contribution in [3.05, 3.63) is 58.6 Å². The second-order valence-electron chi connectivity index (χ2n) is 5.30. The Bertz CT molecular complexity index is 730. The Morgan fingerprint density at radius 1 is 1.12 bits per heavy atom. The largest absolute Gasteiger partial charge is 0.490 e. The summed E-state index contributed by atoms with van der Waals surface area (Å²) < 4.78 is 5.55. The van der Waals surface area contributed by atoms with Crippen LogP contribution in [0.25, 0.3) is 0 Å². The highest BCUT2D eigenvalue weighted by atomic mass is 35.5. The van der Waals surface area contributed by atoms with Crippen LogP contribution in [-0.2, 0) is 0 Å². The normalized spacial score (nSPS) is 10.1. The number of rotatable bonds is 6. The maximum atomic E-state index is 11.8. The molecule has 0 saturated heterocycles. The number of carbonyl (C=O) groups is 2. The molecule has 126 valence electrons. The van der Waals surface area contributed by atoms with Gasteiger partial charge in [-0.2, -0.15) is 0 Å². The Hall–Kier alpha value is -2.53. The summed E-state index contributed by atoms with van der Waals surface area (Å²) in [6, 6.07) is 11.9. The first-order chi connectivity index (χ1) is 11.5. The lowest BCUT2D eigenvalue weighted by molar-refractivity contribution is 0.101. The minimum Gasteiger partial charge on any atom is -0.490 e. The first-order valence-electron chi connectivity index (χ1n) is 7.50. The van der Waals surface area contributed by atoms with Gasteiger partial charge in [-0.15, -0.1) is 0 Å². The lowest BCUT2D eigenvalue weighted by Gasteiger charge is -2.10. The number of ketones is 1. The first-order valence-corrected chi connectivity index (χ1v) is 7.88. The zero-order valence-electron chi connectivity index (χ0n) is 13.6. The van der Waals surface area contributed by atoms with Crippen LogP contribution in [0.3, 0.4) is 0 Å². The molecule has 0 bridgehead atoms. The topological polar surface area (TPSA) is 67.4 Å². The Morgan fingerprint density at radius 2 is 1.83 bits per heavy atom. The summed E-state index contributed by atoms with van der Waals surface area (Å²) in [4.78, 5) is 23.0. The molecule has 0 fully saturated rings. The van der Waals surface area contributed by atoms with Gasteiger partial charge in [0.05, 0.1) is 11.6 Å². The van der Waals surface area contributed by atoms with Crippen molar-refractivity contribution in [1.29, 1.82) is 0 Å². The minimum atomic E-state index is -0.343. The van der Waals surface area contributed by atoms with Gasteiger partial charge in [-0.3, -0.25) is 4.79 Å². The van der Waals surface area contributed by atoms with E-state index in [9.17, 15) is 9.59 Å². The van der Waals surface area contributed by atoms with Crippen molar-refractivity contribution < 1.29 is 14.3 Å². The van der Waals surface area contributed by atoms with Gasteiger partial charge in [0.1, 0.15) is 12.4 Å². The average Bonchev–Trinajstić information content (AvgIpc) is 2.55. The average molecular weight is 347 g/mol. The van der Waals surface area contributed by atoms with E-state index < -0.39 is 0 Å². The second kappa shape index (κ2) is 8.36. The van der Waals surface area contributed by atoms with Crippen molar-refractivity contribution in [1.82, 2.24) is 5.32 Å². The van der Waals surface area contributed by atoms with E-state index in [4.69, 9.17) is 16.3 Å². The standard InChI is InChI=1S/C18H19ClN2O3/c1-12-3-8-16(19)17(11-12)24-10-9-20-18(23)21-15-6-4-14(5-7-15)13(2)22/h3-8,11H,9-10H2,1-2H3,(H2,20,21,23). The second-order valence-corrected chi connectivity index (χ2v) is 5.70. The molecule has 2 aromatic rings. The SMILES string of the molecule is CC(=O)c1ccc(NC(=O)NCCOc2cc(C)ccc2Cl)cc1. The summed E-state index contributed by atoms with van der Waals surface area (Å²) in [5.41, 5.74) is 2.26. The molecule has 0 heterocycles. The van der Waals surface area contributed by atoms with Gasteiger partial charge in [0, 0.05) is 11.3 Å². The summed E-state index contributed by atoms with van der Waals surface area (Å²) in [5.74, 6) is 0.580. The lowest BCUT2D eigenvalue weighted by atomic mass is 10.1. The van der Waals surface area contributed by atoms with Crippen LogP contribution in [0.4, 0.5) is 10.5 Å². The number of amides is 2. The van der Waals surface area contributed by atoms with Gasteiger partial charge >= 0.3 is 6.03 Å². The van der Waals surface area contributed by atoms with Gasteiger partial charge in [0.25, 0.3) is 0 Å². The maximum Gasteiger partial charge on any atom is 0.319 e.